The lowest BCUT2D eigenvalue weighted by atomic mass is 10.0. The predicted molar refractivity (Wildman–Crippen MR) is 89.7 cm³/mol. The third kappa shape index (κ3) is 3.79. The van der Waals surface area contributed by atoms with Crippen molar-refractivity contribution in [3.63, 3.8) is 0 Å². The molecule has 2 aromatic rings. The summed E-state index contributed by atoms with van der Waals surface area (Å²) in [6, 6.07) is 7.84. The molecule has 0 saturated heterocycles. The molecular weight excluding hydrogens is 293 g/mol. The minimum Gasteiger partial charge on any atom is -0.497 e. The fourth-order valence-corrected chi connectivity index (χ4v) is 2.82. The van der Waals surface area contributed by atoms with E-state index in [2.05, 4.69) is 22.3 Å². The van der Waals surface area contributed by atoms with E-state index >= 15 is 0 Å². The zero-order chi connectivity index (χ0) is 16.1. The number of nitrogens with zero attached hydrogens (tertiary/aromatic N) is 3. The monoisotopic (exact) mass is 315 g/mol. The van der Waals surface area contributed by atoms with Gasteiger partial charge in [0.05, 0.1) is 25.7 Å². The van der Waals surface area contributed by atoms with Crippen molar-refractivity contribution in [1.82, 2.24) is 14.7 Å². The molecule has 5 heteroatoms. The molecule has 2 heterocycles. The summed E-state index contributed by atoms with van der Waals surface area (Å²) in [5, 5.41) is 4.46. The van der Waals surface area contributed by atoms with Crippen molar-refractivity contribution < 1.29 is 9.13 Å². The fraction of sp³-hybridized carbons (Fsp3) is 0.389. The van der Waals surface area contributed by atoms with E-state index in [0.29, 0.717) is 6.42 Å². The highest BCUT2D eigenvalue weighted by Crippen LogP contribution is 2.23. The molecule has 1 aliphatic rings. The zero-order valence-corrected chi connectivity index (χ0v) is 13.4. The zero-order valence-electron chi connectivity index (χ0n) is 13.4. The molecule has 0 spiro atoms. The summed E-state index contributed by atoms with van der Waals surface area (Å²) in [6.45, 7) is 2.48. The lowest BCUT2D eigenvalue weighted by molar-refractivity contribution is 0.283. The van der Waals surface area contributed by atoms with Crippen molar-refractivity contribution in [2.24, 2.45) is 0 Å². The van der Waals surface area contributed by atoms with Crippen molar-refractivity contribution in [3.8, 4) is 11.4 Å². The number of hydrogen-bond donors (Lipinski definition) is 0. The second-order valence-corrected chi connectivity index (χ2v) is 5.69. The van der Waals surface area contributed by atoms with Crippen LogP contribution in [-0.4, -0.2) is 48.1 Å². The lowest BCUT2D eigenvalue weighted by Gasteiger charge is -2.25. The first-order valence-corrected chi connectivity index (χ1v) is 7.97. The number of alkyl halides is 1. The van der Waals surface area contributed by atoms with Crippen molar-refractivity contribution in [2.45, 2.75) is 12.8 Å². The molecule has 3 rings (SSSR count). The van der Waals surface area contributed by atoms with Crippen molar-refractivity contribution in [3.05, 3.63) is 48.3 Å². The van der Waals surface area contributed by atoms with Crippen molar-refractivity contribution >= 4 is 5.57 Å². The van der Waals surface area contributed by atoms with E-state index in [4.69, 9.17) is 4.74 Å². The van der Waals surface area contributed by atoms with E-state index in [-0.39, 0.29) is 6.67 Å². The molecule has 1 aromatic carbocycles. The lowest BCUT2D eigenvalue weighted by Crippen LogP contribution is -2.29. The SMILES string of the molecule is COc1ccc(-n2cc(C3=CCN(CCCF)CC3)cn2)cc1. The Labute approximate surface area is 136 Å². The summed E-state index contributed by atoms with van der Waals surface area (Å²) >= 11 is 0. The molecule has 0 bridgehead atoms. The van der Waals surface area contributed by atoms with Crippen LogP contribution >= 0.6 is 0 Å². The van der Waals surface area contributed by atoms with Crippen LogP contribution in [0.3, 0.4) is 0 Å². The molecular formula is C18H22FN3O. The maximum absolute atomic E-state index is 12.2. The normalized spacial score (nSPS) is 15.5. The van der Waals surface area contributed by atoms with Gasteiger partial charge in [-0.2, -0.15) is 5.10 Å². The van der Waals surface area contributed by atoms with E-state index in [0.717, 1.165) is 43.1 Å². The summed E-state index contributed by atoms with van der Waals surface area (Å²) in [4.78, 5) is 2.29. The molecule has 1 aromatic heterocycles. The standard InChI is InChI=1S/C18H22FN3O/c1-23-18-5-3-17(4-6-18)22-14-16(13-20-22)15-7-11-21(12-8-15)10-2-9-19/h3-7,13-14H,2,8-12H2,1H3. The number of aromatic nitrogens is 2. The number of methoxy groups -OCH3 is 1. The largest absolute Gasteiger partial charge is 0.497 e. The van der Waals surface area contributed by atoms with Gasteiger partial charge in [-0.15, -0.1) is 0 Å². The van der Waals surface area contributed by atoms with E-state index in [1.54, 1.807) is 7.11 Å². The van der Waals surface area contributed by atoms with Gasteiger partial charge in [0.2, 0.25) is 0 Å². The Hall–Kier alpha value is -2.14. The van der Waals surface area contributed by atoms with Crippen LogP contribution in [0.2, 0.25) is 0 Å². The Balaban J connectivity index is 1.68. The first-order chi connectivity index (χ1) is 11.3. The van der Waals surface area contributed by atoms with Crippen LogP contribution in [-0.2, 0) is 0 Å². The van der Waals surface area contributed by atoms with Crippen LogP contribution < -0.4 is 4.74 Å². The Kier molecular flexibility index (Phi) is 5.08. The number of hydrogen-bond acceptors (Lipinski definition) is 3. The average Bonchev–Trinajstić information content (AvgIpc) is 3.10. The number of halogens is 1. The van der Waals surface area contributed by atoms with Gasteiger partial charge in [0, 0.05) is 31.4 Å². The molecule has 0 aliphatic carbocycles. The molecule has 1 aliphatic heterocycles. The van der Waals surface area contributed by atoms with Crippen molar-refractivity contribution in [1.29, 1.82) is 0 Å². The molecule has 0 fully saturated rings. The fourth-order valence-electron chi connectivity index (χ4n) is 2.82. The van der Waals surface area contributed by atoms with E-state index in [9.17, 15) is 4.39 Å². The van der Waals surface area contributed by atoms with Gasteiger partial charge in [-0.3, -0.25) is 9.29 Å². The van der Waals surface area contributed by atoms with Crippen LogP contribution in [0.5, 0.6) is 5.75 Å². The second kappa shape index (κ2) is 7.42. The summed E-state index contributed by atoms with van der Waals surface area (Å²) in [5.74, 6) is 0.837. The highest BCUT2D eigenvalue weighted by molar-refractivity contribution is 5.65. The van der Waals surface area contributed by atoms with Gasteiger partial charge in [-0.05, 0) is 42.7 Å². The minimum absolute atomic E-state index is 0.234. The van der Waals surface area contributed by atoms with Crippen LogP contribution in [0.25, 0.3) is 11.3 Å². The second-order valence-electron chi connectivity index (χ2n) is 5.69. The number of rotatable bonds is 6. The first-order valence-electron chi connectivity index (χ1n) is 7.97. The molecule has 0 unspecified atom stereocenters. The molecule has 0 amide bonds. The number of benzene rings is 1. The highest BCUT2D eigenvalue weighted by Gasteiger charge is 2.14. The molecule has 23 heavy (non-hydrogen) atoms. The molecule has 4 nitrogen and oxygen atoms in total. The van der Waals surface area contributed by atoms with Gasteiger partial charge in [0.15, 0.2) is 0 Å². The third-order valence-corrected chi connectivity index (χ3v) is 4.19. The quantitative estimate of drug-likeness (QED) is 0.819. The maximum Gasteiger partial charge on any atom is 0.119 e. The Bertz CT molecular complexity index is 663. The highest BCUT2D eigenvalue weighted by atomic mass is 19.1. The minimum atomic E-state index is -0.234. The van der Waals surface area contributed by atoms with Gasteiger partial charge in [0.1, 0.15) is 5.75 Å². The molecule has 0 N–H and O–H groups in total. The Morgan fingerprint density at radius 3 is 2.74 bits per heavy atom. The van der Waals surface area contributed by atoms with Gasteiger partial charge < -0.3 is 4.74 Å². The molecule has 0 atom stereocenters. The summed E-state index contributed by atoms with van der Waals surface area (Å²) in [6.07, 6.45) is 7.81. The van der Waals surface area contributed by atoms with Crippen molar-refractivity contribution in [2.75, 3.05) is 33.4 Å². The predicted octanol–water partition coefficient (Wildman–Crippen LogP) is 3.33. The van der Waals surface area contributed by atoms with Gasteiger partial charge >= 0.3 is 0 Å². The van der Waals surface area contributed by atoms with E-state index < -0.39 is 0 Å². The summed E-state index contributed by atoms with van der Waals surface area (Å²) in [5.41, 5.74) is 3.49. The van der Waals surface area contributed by atoms with Gasteiger partial charge in [-0.1, -0.05) is 6.08 Å². The van der Waals surface area contributed by atoms with Crippen LogP contribution in [0, 0.1) is 0 Å². The third-order valence-electron chi connectivity index (χ3n) is 4.19. The number of ether oxygens (including phenoxy) is 1. The van der Waals surface area contributed by atoms with E-state index in [1.807, 2.05) is 35.1 Å². The van der Waals surface area contributed by atoms with Crippen LogP contribution in [0.4, 0.5) is 4.39 Å². The van der Waals surface area contributed by atoms with Gasteiger partial charge in [-0.25, -0.2) is 4.68 Å². The topological polar surface area (TPSA) is 30.3 Å². The smallest absolute Gasteiger partial charge is 0.119 e. The first kappa shape index (κ1) is 15.7. The van der Waals surface area contributed by atoms with E-state index in [1.165, 1.54) is 5.57 Å². The Morgan fingerprint density at radius 2 is 2.09 bits per heavy atom. The molecule has 122 valence electrons. The van der Waals surface area contributed by atoms with Crippen LogP contribution in [0.1, 0.15) is 18.4 Å². The van der Waals surface area contributed by atoms with Crippen LogP contribution in [0.15, 0.2) is 42.7 Å². The summed E-state index contributed by atoms with van der Waals surface area (Å²) in [7, 11) is 1.66. The van der Waals surface area contributed by atoms with Gasteiger partial charge in [0.25, 0.3) is 0 Å². The summed E-state index contributed by atoms with van der Waals surface area (Å²) < 4.78 is 19.3. The maximum atomic E-state index is 12.2. The molecule has 0 radical (unpaired) electrons. The molecule has 0 saturated carbocycles. The average molecular weight is 315 g/mol. The Morgan fingerprint density at radius 1 is 1.26 bits per heavy atom.